The summed E-state index contributed by atoms with van der Waals surface area (Å²) in [7, 11) is 0. The molecule has 0 bridgehead atoms. The van der Waals surface area contributed by atoms with Crippen molar-refractivity contribution in [1.82, 2.24) is 4.90 Å². The summed E-state index contributed by atoms with van der Waals surface area (Å²) in [5, 5.41) is 18.0. The lowest BCUT2D eigenvalue weighted by molar-refractivity contribution is -0.141. The van der Waals surface area contributed by atoms with Crippen LogP contribution >= 0.6 is 0 Å². The fourth-order valence-corrected chi connectivity index (χ4v) is 1.86. The maximum absolute atomic E-state index is 12.4. The zero-order chi connectivity index (χ0) is 15.3. The number of benzene rings is 1. The van der Waals surface area contributed by atoms with Gasteiger partial charge >= 0.3 is 5.97 Å². The van der Waals surface area contributed by atoms with Gasteiger partial charge in [-0.15, -0.1) is 0 Å². The SMILES string of the molecule is Cc1ccc(C(=O)N(CCO)CC(C)C(=O)O)cc1C. The largest absolute Gasteiger partial charge is 0.481 e. The van der Waals surface area contributed by atoms with E-state index in [4.69, 9.17) is 10.2 Å². The van der Waals surface area contributed by atoms with E-state index < -0.39 is 11.9 Å². The Kier molecular flexibility index (Phi) is 5.70. The van der Waals surface area contributed by atoms with Crippen LogP contribution in [0.3, 0.4) is 0 Å². The van der Waals surface area contributed by atoms with Crippen molar-refractivity contribution in [3.63, 3.8) is 0 Å². The summed E-state index contributed by atoms with van der Waals surface area (Å²) >= 11 is 0. The molecule has 0 fully saturated rings. The summed E-state index contributed by atoms with van der Waals surface area (Å²) < 4.78 is 0. The average molecular weight is 279 g/mol. The van der Waals surface area contributed by atoms with Gasteiger partial charge in [-0.25, -0.2) is 0 Å². The molecule has 1 aromatic rings. The molecule has 2 N–H and O–H groups in total. The van der Waals surface area contributed by atoms with Crippen molar-refractivity contribution in [2.45, 2.75) is 20.8 Å². The Bertz CT molecular complexity index is 499. The number of carbonyl (C=O) groups is 2. The molecule has 0 radical (unpaired) electrons. The molecule has 1 aromatic carbocycles. The lowest BCUT2D eigenvalue weighted by Crippen LogP contribution is -2.38. The van der Waals surface area contributed by atoms with Gasteiger partial charge in [-0.3, -0.25) is 9.59 Å². The molecule has 0 saturated carbocycles. The normalized spacial score (nSPS) is 12.0. The van der Waals surface area contributed by atoms with Gasteiger partial charge in [-0.2, -0.15) is 0 Å². The third-order valence-corrected chi connectivity index (χ3v) is 3.33. The number of aliphatic hydroxyl groups is 1. The standard InChI is InChI=1S/C15H21NO4/c1-10-4-5-13(8-11(10)2)14(18)16(6-7-17)9-12(3)15(19)20/h4-5,8,12,17H,6-7,9H2,1-3H3,(H,19,20). The van der Waals surface area contributed by atoms with Gasteiger partial charge in [0.1, 0.15) is 0 Å². The number of amides is 1. The molecule has 0 spiro atoms. The van der Waals surface area contributed by atoms with Gasteiger partial charge in [0.2, 0.25) is 0 Å². The molecule has 0 aliphatic rings. The van der Waals surface area contributed by atoms with E-state index in [1.807, 2.05) is 19.9 Å². The number of hydrogen-bond acceptors (Lipinski definition) is 3. The Hall–Kier alpha value is -1.88. The first-order valence-corrected chi connectivity index (χ1v) is 6.57. The van der Waals surface area contributed by atoms with Crippen molar-refractivity contribution in [1.29, 1.82) is 0 Å². The molecule has 20 heavy (non-hydrogen) atoms. The second-order valence-corrected chi connectivity index (χ2v) is 5.01. The second kappa shape index (κ2) is 7.05. The van der Waals surface area contributed by atoms with E-state index in [1.54, 1.807) is 19.1 Å². The molecule has 1 amide bonds. The maximum atomic E-state index is 12.4. The minimum Gasteiger partial charge on any atom is -0.481 e. The lowest BCUT2D eigenvalue weighted by atomic mass is 10.0. The molecule has 0 heterocycles. The molecule has 0 aliphatic carbocycles. The molecule has 0 saturated heterocycles. The quantitative estimate of drug-likeness (QED) is 0.826. The molecule has 5 nitrogen and oxygen atoms in total. The van der Waals surface area contributed by atoms with Crippen LogP contribution in [0.2, 0.25) is 0 Å². The van der Waals surface area contributed by atoms with Crippen molar-refractivity contribution in [3.8, 4) is 0 Å². The third kappa shape index (κ3) is 4.06. The van der Waals surface area contributed by atoms with E-state index in [0.717, 1.165) is 11.1 Å². The lowest BCUT2D eigenvalue weighted by Gasteiger charge is -2.24. The monoisotopic (exact) mass is 279 g/mol. The Labute approximate surface area is 118 Å². The zero-order valence-corrected chi connectivity index (χ0v) is 12.1. The van der Waals surface area contributed by atoms with E-state index in [9.17, 15) is 9.59 Å². The number of carboxylic acids is 1. The minimum atomic E-state index is -0.958. The van der Waals surface area contributed by atoms with E-state index in [1.165, 1.54) is 4.90 Å². The molecule has 110 valence electrons. The topological polar surface area (TPSA) is 77.8 Å². The summed E-state index contributed by atoms with van der Waals surface area (Å²) in [5.74, 6) is -1.88. The second-order valence-electron chi connectivity index (χ2n) is 5.01. The van der Waals surface area contributed by atoms with Gasteiger partial charge in [-0.1, -0.05) is 13.0 Å². The number of hydrogen-bond donors (Lipinski definition) is 2. The zero-order valence-electron chi connectivity index (χ0n) is 12.1. The molecule has 0 aromatic heterocycles. The number of aryl methyl sites for hydroxylation is 2. The minimum absolute atomic E-state index is 0.0850. The predicted molar refractivity (Wildman–Crippen MR) is 75.7 cm³/mol. The van der Waals surface area contributed by atoms with E-state index in [2.05, 4.69) is 0 Å². The molecular weight excluding hydrogens is 258 g/mol. The van der Waals surface area contributed by atoms with Gasteiger partial charge in [0, 0.05) is 18.7 Å². The highest BCUT2D eigenvalue weighted by Gasteiger charge is 2.21. The number of aliphatic hydroxyl groups excluding tert-OH is 1. The molecule has 0 aliphatic heterocycles. The molecule has 1 atom stereocenters. The van der Waals surface area contributed by atoms with Gasteiger partial charge in [0.05, 0.1) is 12.5 Å². The van der Waals surface area contributed by atoms with Crippen LogP contribution in [0.1, 0.15) is 28.4 Å². The van der Waals surface area contributed by atoms with Crippen LogP contribution in [0.25, 0.3) is 0 Å². The Morgan fingerprint density at radius 3 is 2.40 bits per heavy atom. The third-order valence-electron chi connectivity index (χ3n) is 3.33. The first-order chi connectivity index (χ1) is 9.36. The number of aliphatic carboxylic acids is 1. The highest BCUT2D eigenvalue weighted by molar-refractivity contribution is 5.94. The van der Waals surface area contributed by atoms with E-state index >= 15 is 0 Å². The van der Waals surface area contributed by atoms with Crippen LogP contribution in [0, 0.1) is 19.8 Å². The van der Waals surface area contributed by atoms with E-state index in [-0.39, 0.29) is 25.6 Å². The van der Waals surface area contributed by atoms with Crippen LogP contribution in [0.15, 0.2) is 18.2 Å². The Morgan fingerprint density at radius 1 is 1.25 bits per heavy atom. The van der Waals surface area contributed by atoms with Crippen molar-refractivity contribution in [3.05, 3.63) is 34.9 Å². The Morgan fingerprint density at radius 2 is 1.90 bits per heavy atom. The molecule has 5 heteroatoms. The van der Waals surface area contributed by atoms with Gasteiger partial charge in [-0.05, 0) is 37.1 Å². The van der Waals surface area contributed by atoms with Gasteiger partial charge < -0.3 is 15.1 Å². The van der Waals surface area contributed by atoms with Crippen LogP contribution in [-0.4, -0.2) is 46.7 Å². The van der Waals surface area contributed by atoms with Crippen LogP contribution in [0.5, 0.6) is 0 Å². The maximum Gasteiger partial charge on any atom is 0.308 e. The van der Waals surface area contributed by atoms with Gasteiger partial charge in [0.25, 0.3) is 5.91 Å². The summed E-state index contributed by atoms with van der Waals surface area (Å²) in [4.78, 5) is 24.7. The Balaban J connectivity index is 2.92. The summed E-state index contributed by atoms with van der Waals surface area (Å²) in [6.45, 7) is 5.44. The van der Waals surface area contributed by atoms with Crippen molar-refractivity contribution in [2.24, 2.45) is 5.92 Å². The molecular formula is C15H21NO4. The van der Waals surface area contributed by atoms with E-state index in [0.29, 0.717) is 5.56 Å². The highest BCUT2D eigenvalue weighted by atomic mass is 16.4. The summed E-state index contributed by atoms with van der Waals surface area (Å²) in [5.41, 5.74) is 2.61. The van der Waals surface area contributed by atoms with Crippen LogP contribution in [-0.2, 0) is 4.79 Å². The van der Waals surface area contributed by atoms with Crippen molar-refractivity contribution < 1.29 is 19.8 Å². The fraction of sp³-hybridized carbons (Fsp3) is 0.467. The van der Waals surface area contributed by atoms with Crippen LogP contribution < -0.4 is 0 Å². The fourth-order valence-electron chi connectivity index (χ4n) is 1.86. The summed E-state index contributed by atoms with van der Waals surface area (Å²) in [6, 6.07) is 5.37. The number of rotatable bonds is 6. The number of carbonyl (C=O) groups excluding carboxylic acids is 1. The average Bonchev–Trinajstić information content (AvgIpc) is 2.40. The van der Waals surface area contributed by atoms with Crippen molar-refractivity contribution >= 4 is 11.9 Å². The predicted octanol–water partition coefficient (Wildman–Crippen LogP) is 1.46. The smallest absolute Gasteiger partial charge is 0.308 e. The summed E-state index contributed by atoms with van der Waals surface area (Å²) in [6.07, 6.45) is 0. The molecule has 1 rings (SSSR count). The first-order valence-electron chi connectivity index (χ1n) is 6.57. The molecule has 1 unspecified atom stereocenters. The first kappa shape index (κ1) is 16.2. The van der Waals surface area contributed by atoms with Crippen molar-refractivity contribution in [2.75, 3.05) is 19.7 Å². The highest BCUT2D eigenvalue weighted by Crippen LogP contribution is 2.13. The van der Waals surface area contributed by atoms with Gasteiger partial charge in [0.15, 0.2) is 0 Å². The number of carboxylic acid groups (broad SMARTS) is 1. The number of nitrogens with zero attached hydrogens (tertiary/aromatic N) is 1. The van der Waals surface area contributed by atoms with Crippen LogP contribution in [0.4, 0.5) is 0 Å².